The van der Waals surface area contributed by atoms with Gasteiger partial charge in [0.25, 0.3) is 0 Å². The van der Waals surface area contributed by atoms with Crippen molar-refractivity contribution in [3.63, 3.8) is 0 Å². The van der Waals surface area contributed by atoms with E-state index < -0.39 is 0 Å². The molecule has 10 heteroatoms. The van der Waals surface area contributed by atoms with Gasteiger partial charge < -0.3 is 15.4 Å². The number of thioether (sulfide) groups is 1. The molecule has 0 saturated heterocycles. The van der Waals surface area contributed by atoms with E-state index in [1.54, 1.807) is 29.6 Å². The Kier molecular flexibility index (Phi) is 9.17. The zero-order chi connectivity index (χ0) is 21.2. The molecule has 0 aliphatic carbocycles. The number of rotatable bonds is 12. The molecule has 0 bridgehead atoms. The van der Waals surface area contributed by atoms with Gasteiger partial charge >= 0.3 is 5.97 Å². The number of carbonyl (C=O) groups excluding carboxylic acids is 2. The summed E-state index contributed by atoms with van der Waals surface area (Å²) in [6, 6.07) is 0. The lowest BCUT2D eigenvalue weighted by atomic mass is 10.2. The van der Waals surface area contributed by atoms with Crippen LogP contribution in [0.4, 0.5) is 5.82 Å². The summed E-state index contributed by atoms with van der Waals surface area (Å²) in [5.74, 6) is 1.59. The first kappa shape index (κ1) is 22.9. The van der Waals surface area contributed by atoms with Crippen molar-refractivity contribution in [3.8, 4) is 0 Å². The van der Waals surface area contributed by atoms with E-state index in [2.05, 4.69) is 46.5 Å². The molecule has 2 aromatic heterocycles. The van der Waals surface area contributed by atoms with Crippen LogP contribution in [0.1, 0.15) is 40.5 Å². The molecule has 9 nitrogen and oxygen atoms in total. The predicted molar refractivity (Wildman–Crippen MR) is 114 cm³/mol. The van der Waals surface area contributed by atoms with Gasteiger partial charge in [-0.3, -0.25) is 9.59 Å². The summed E-state index contributed by atoms with van der Waals surface area (Å²) in [5.41, 5.74) is 0.739. The molecule has 0 unspecified atom stereocenters. The molecular weight excluding hydrogens is 392 g/mol. The summed E-state index contributed by atoms with van der Waals surface area (Å²) in [4.78, 5) is 32.5. The summed E-state index contributed by atoms with van der Waals surface area (Å²) >= 11 is 1.58. The molecule has 0 aliphatic heterocycles. The molecule has 0 saturated carbocycles. The summed E-state index contributed by atoms with van der Waals surface area (Å²) in [6.45, 7) is 10.1. The quantitative estimate of drug-likeness (QED) is 0.305. The van der Waals surface area contributed by atoms with Gasteiger partial charge in [-0.05, 0) is 18.6 Å². The maximum absolute atomic E-state index is 11.9. The third kappa shape index (κ3) is 7.19. The number of esters is 1. The summed E-state index contributed by atoms with van der Waals surface area (Å²) < 4.78 is 6.59. The van der Waals surface area contributed by atoms with E-state index in [1.165, 1.54) is 0 Å². The minimum Gasteiger partial charge on any atom is -0.466 e. The van der Waals surface area contributed by atoms with Gasteiger partial charge in [0.1, 0.15) is 5.82 Å². The van der Waals surface area contributed by atoms with Crippen LogP contribution in [0.15, 0.2) is 11.4 Å². The van der Waals surface area contributed by atoms with Crippen LogP contribution in [-0.4, -0.2) is 57.1 Å². The summed E-state index contributed by atoms with van der Waals surface area (Å²) in [7, 11) is 0. The zero-order valence-corrected chi connectivity index (χ0v) is 18.3. The second-order valence-electron chi connectivity index (χ2n) is 6.82. The van der Waals surface area contributed by atoms with Crippen molar-refractivity contribution >= 4 is 40.5 Å². The molecule has 0 aromatic carbocycles. The first-order valence-corrected chi connectivity index (χ1v) is 11.0. The molecule has 160 valence electrons. The monoisotopic (exact) mass is 422 g/mol. The van der Waals surface area contributed by atoms with Crippen LogP contribution in [0.5, 0.6) is 0 Å². The van der Waals surface area contributed by atoms with E-state index in [4.69, 9.17) is 4.74 Å². The van der Waals surface area contributed by atoms with Crippen molar-refractivity contribution in [3.05, 3.63) is 6.20 Å². The number of nitrogens with zero attached hydrogens (tertiary/aromatic N) is 4. The normalized spacial score (nSPS) is 11.1. The van der Waals surface area contributed by atoms with Crippen molar-refractivity contribution in [2.75, 3.05) is 30.8 Å². The fraction of sp³-hybridized carbons (Fsp3) is 0.632. The summed E-state index contributed by atoms with van der Waals surface area (Å²) in [5, 5.41) is 12.2. The molecule has 2 heterocycles. The Hall–Kier alpha value is -2.36. The van der Waals surface area contributed by atoms with Crippen molar-refractivity contribution in [1.29, 1.82) is 0 Å². The van der Waals surface area contributed by atoms with Gasteiger partial charge in [-0.2, -0.15) is 5.10 Å². The number of ether oxygens (including phenoxy) is 1. The number of anilines is 1. The molecule has 2 rings (SSSR count). The van der Waals surface area contributed by atoms with Crippen LogP contribution in [0.2, 0.25) is 0 Å². The zero-order valence-electron chi connectivity index (χ0n) is 17.5. The third-order valence-corrected chi connectivity index (χ3v) is 4.66. The highest BCUT2D eigenvalue weighted by molar-refractivity contribution is 7.99. The van der Waals surface area contributed by atoms with Gasteiger partial charge in [0.15, 0.2) is 10.8 Å². The number of hydrogen-bond acceptors (Lipinski definition) is 8. The van der Waals surface area contributed by atoms with Gasteiger partial charge in [0.2, 0.25) is 5.91 Å². The number of aromatic nitrogens is 4. The minimum absolute atomic E-state index is 0.0834. The lowest BCUT2D eigenvalue weighted by molar-refractivity contribution is -0.144. The minimum atomic E-state index is -0.361. The van der Waals surface area contributed by atoms with Gasteiger partial charge in [-0.15, -0.1) is 0 Å². The molecule has 0 atom stereocenters. The molecule has 1 amide bonds. The standard InChI is InChI=1S/C19H30N6O3S/c1-5-28-16(27)8-7-15(26)20-9-10-25-18-14(12-22-25)17(21-11-13(3)4)23-19(24-18)29-6-2/h12-13H,5-11H2,1-4H3,(H,20,26)(H,21,23,24). The topological polar surface area (TPSA) is 111 Å². The Balaban J connectivity index is 2.01. The van der Waals surface area contributed by atoms with Crippen LogP contribution in [0, 0.1) is 5.92 Å². The van der Waals surface area contributed by atoms with E-state index in [-0.39, 0.29) is 24.7 Å². The molecule has 0 aliphatic rings. The Morgan fingerprint density at radius 3 is 2.72 bits per heavy atom. The average Bonchev–Trinajstić information content (AvgIpc) is 3.08. The highest BCUT2D eigenvalue weighted by atomic mass is 32.2. The van der Waals surface area contributed by atoms with Crippen LogP contribution in [0.3, 0.4) is 0 Å². The Labute approximate surface area is 175 Å². The van der Waals surface area contributed by atoms with E-state index in [1.807, 2.05) is 0 Å². The fourth-order valence-corrected chi connectivity index (χ4v) is 3.13. The first-order valence-electron chi connectivity index (χ1n) is 9.97. The second kappa shape index (κ2) is 11.6. The molecule has 0 radical (unpaired) electrons. The average molecular weight is 423 g/mol. The number of carbonyl (C=O) groups is 2. The van der Waals surface area contributed by atoms with Crippen LogP contribution in [0.25, 0.3) is 11.0 Å². The highest BCUT2D eigenvalue weighted by Crippen LogP contribution is 2.24. The first-order chi connectivity index (χ1) is 13.9. The fourth-order valence-electron chi connectivity index (χ4n) is 2.57. The van der Waals surface area contributed by atoms with Crippen molar-refractivity contribution in [1.82, 2.24) is 25.1 Å². The third-order valence-electron chi connectivity index (χ3n) is 3.93. The molecule has 2 N–H and O–H groups in total. The van der Waals surface area contributed by atoms with Gasteiger partial charge in [-0.1, -0.05) is 32.5 Å². The smallest absolute Gasteiger partial charge is 0.306 e. The Morgan fingerprint density at radius 2 is 2.03 bits per heavy atom. The molecule has 29 heavy (non-hydrogen) atoms. The highest BCUT2D eigenvalue weighted by Gasteiger charge is 2.14. The molecular formula is C19H30N6O3S. The molecule has 2 aromatic rings. The molecule has 0 fully saturated rings. The lowest BCUT2D eigenvalue weighted by Crippen LogP contribution is -2.28. The van der Waals surface area contributed by atoms with Crippen molar-refractivity contribution < 1.29 is 14.3 Å². The Morgan fingerprint density at radius 1 is 1.24 bits per heavy atom. The largest absolute Gasteiger partial charge is 0.466 e. The number of fused-ring (bicyclic) bond motifs is 1. The van der Waals surface area contributed by atoms with Crippen LogP contribution in [-0.2, 0) is 20.9 Å². The number of hydrogen-bond donors (Lipinski definition) is 2. The number of amides is 1. The number of nitrogens with one attached hydrogen (secondary N) is 2. The van der Waals surface area contributed by atoms with Gasteiger partial charge in [-0.25, -0.2) is 14.6 Å². The van der Waals surface area contributed by atoms with E-state index in [9.17, 15) is 9.59 Å². The maximum Gasteiger partial charge on any atom is 0.306 e. The van der Waals surface area contributed by atoms with Gasteiger partial charge in [0.05, 0.1) is 31.2 Å². The predicted octanol–water partition coefficient (Wildman–Crippen LogP) is 2.47. The van der Waals surface area contributed by atoms with Crippen molar-refractivity contribution in [2.45, 2.75) is 52.2 Å². The van der Waals surface area contributed by atoms with Gasteiger partial charge in [0, 0.05) is 19.5 Å². The Bertz CT molecular complexity index is 824. The lowest BCUT2D eigenvalue weighted by Gasteiger charge is -2.11. The second-order valence-corrected chi connectivity index (χ2v) is 8.05. The van der Waals surface area contributed by atoms with Crippen LogP contribution < -0.4 is 10.6 Å². The van der Waals surface area contributed by atoms with Crippen molar-refractivity contribution in [2.24, 2.45) is 5.92 Å². The van der Waals surface area contributed by atoms with E-state index in [0.29, 0.717) is 30.8 Å². The maximum atomic E-state index is 11.9. The van der Waals surface area contributed by atoms with E-state index >= 15 is 0 Å². The summed E-state index contributed by atoms with van der Waals surface area (Å²) in [6.07, 6.45) is 1.95. The van der Waals surface area contributed by atoms with E-state index in [0.717, 1.165) is 29.1 Å². The van der Waals surface area contributed by atoms with Crippen LogP contribution >= 0.6 is 11.8 Å². The SMILES string of the molecule is CCOC(=O)CCC(=O)NCCn1ncc2c(NCC(C)C)nc(SCC)nc21. The molecule has 0 spiro atoms.